The van der Waals surface area contributed by atoms with Gasteiger partial charge in [-0.2, -0.15) is 0 Å². The molecule has 0 aromatic carbocycles. The van der Waals surface area contributed by atoms with Crippen LogP contribution in [0.25, 0.3) is 6.08 Å². The average molecular weight is 239 g/mol. The first-order valence-corrected chi connectivity index (χ1v) is 5.47. The maximum absolute atomic E-state index is 11.1. The van der Waals surface area contributed by atoms with E-state index in [2.05, 4.69) is 10.7 Å². The van der Waals surface area contributed by atoms with Crippen molar-refractivity contribution in [2.24, 2.45) is 5.84 Å². The molecule has 0 fully saturated rings. The number of rotatable bonds is 4. The molecule has 0 saturated carbocycles. The molecule has 1 heterocycles. The van der Waals surface area contributed by atoms with Gasteiger partial charge in [-0.05, 0) is 18.2 Å². The molecule has 5 nitrogen and oxygen atoms in total. The van der Waals surface area contributed by atoms with E-state index in [0.29, 0.717) is 11.4 Å². The van der Waals surface area contributed by atoms with Gasteiger partial charge in [0.1, 0.15) is 0 Å². The topological polar surface area (TPSA) is 84.2 Å². The molecule has 2 amide bonds. The zero-order valence-corrected chi connectivity index (χ0v) is 9.64. The first-order valence-electron chi connectivity index (χ1n) is 4.65. The van der Waals surface area contributed by atoms with E-state index in [0.717, 1.165) is 4.88 Å². The molecule has 0 aliphatic rings. The van der Waals surface area contributed by atoms with Crippen LogP contribution in [-0.2, 0) is 4.79 Å². The Morgan fingerprint density at radius 3 is 2.88 bits per heavy atom. The minimum atomic E-state index is -0.300. The van der Waals surface area contributed by atoms with Gasteiger partial charge in [0.15, 0.2) is 0 Å². The molecule has 0 radical (unpaired) electrons. The van der Waals surface area contributed by atoms with Crippen LogP contribution in [0.15, 0.2) is 18.2 Å². The summed E-state index contributed by atoms with van der Waals surface area (Å²) in [5, 5.41) is 2.64. The number of hydrogen-bond acceptors (Lipinski definition) is 4. The Labute approximate surface area is 97.3 Å². The maximum atomic E-state index is 11.1. The molecule has 1 rings (SSSR count). The van der Waals surface area contributed by atoms with Crippen LogP contribution >= 0.6 is 11.3 Å². The van der Waals surface area contributed by atoms with Crippen molar-refractivity contribution in [2.45, 2.75) is 6.92 Å². The van der Waals surface area contributed by atoms with Gasteiger partial charge in [-0.25, -0.2) is 5.84 Å². The largest absolute Gasteiger partial charge is 0.353 e. The average Bonchev–Trinajstić information content (AvgIpc) is 2.71. The summed E-state index contributed by atoms with van der Waals surface area (Å²) in [4.78, 5) is 23.2. The summed E-state index contributed by atoms with van der Waals surface area (Å²) in [6, 6.07) is 3.52. The van der Waals surface area contributed by atoms with Crippen LogP contribution in [0.2, 0.25) is 0 Å². The Kier molecular flexibility index (Phi) is 4.68. The molecule has 1 aromatic rings. The van der Waals surface area contributed by atoms with Crippen LogP contribution in [0.3, 0.4) is 0 Å². The Morgan fingerprint density at radius 2 is 2.25 bits per heavy atom. The lowest BCUT2D eigenvalue weighted by molar-refractivity contribution is -0.118. The number of carbonyl (C=O) groups excluding carboxylic acids is 2. The predicted octanol–water partition coefficient (Wildman–Crippen LogP) is 0.501. The molecular weight excluding hydrogens is 226 g/mol. The molecule has 0 bridgehead atoms. The van der Waals surface area contributed by atoms with Crippen LogP contribution in [0.5, 0.6) is 0 Å². The molecule has 0 aliphatic heterocycles. The molecule has 86 valence electrons. The van der Waals surface area contributed by atoms with Crippen molar-refractivity contribution < 1.29 is 9.59 Å². The van der Waals surface area contributed by atoms with Crippen molar-refractivity contribution >= 4 is 29.2 Å². The van der Waals surface area contributed by atoms with E-state index in [1.807, 2.05) is 18.2 Å². The van der Waals surface area contributed by atoms with Crippen molar-refractivity contribution in [3.05, 3.63) is 28.0 Å². The van der Waals surface area contributed by atoms with Gasteiger partial charge >= 0.3 is 0 Å². The molecule has 0 unspecified atom stereocenters. The van der Waals surface area contributed by atoms with Crippen LogP contribution in [-0.4, -0.2) is 18.4 Å². The van der Waals surface area contributed by atoms with Gasteiger partial charge in [-0.1, -0.05) is 6.08 Å². The molecule has 1 aromatic heterocycles. The van der Waals surface area contributed by atoms with Gasteiger partial charge in [0, 0.05) is 18.3 Å². The fourth-order valence-electron chi connectivity index (χ4n) is 1.01. The standard InChI is InChI=1S/C10H13N3O2S/c1-7(14)12-6-2-3-8-4-5-9(16-8)10(15)13-11/h2-5H,6,11H2,1H3,(H,12,14)(H,13,15). The van der Waals surface area contributed by atoms with E-state index < -0.39 is 0 Å². The monoisotopic (exact) mass is 239 g/mol. The maximum Gasteiger partial charge on any atom is 0.275 e. The van der Waals surface area contributed by atoms with E-state index in [1.54, 1.807) is 6.07 Å². The quantitative estimate of drug-likeness (QED) is 0.406. The summed E-state index contributed by atoms with van der Waals surface area (Å²) in [5.74, 6) is 4.64. The number of thiophene rings is 1. The SMILES string of the molecule is CC(=O)NCC=Cc1ccc(C(=O)NN)s1. The Balaban J connectivity index is 2.52. The van der Waals surface area contributed by atoms with E-state index >= 15 is 0 Å². The van der Waals surface area contributed by atoms with E-state index in [9.17, 15) is 9.59 Å². The number of amides is 2. The number of nitrogens with one attached hydrogen (secondary N) is 2. The lowest BCUT2D eigenvalue weighted by atomic mass is 10.4. The Hall–Kier alpha value is -1.66. The minimum absolute atomic E-state index is 0.0703. The predicted molar refractivity (Wildman–Crippen MR) is 63.7 cm³/mol. The highest BCUT2D eigenvalue weighted by Gasteiger charge is 2.05. The first kappa shape index (κ1) is 12.4. The summed E-state index contributed by atoms with van der Waals surface area (Å²) >= 11 is 1.33. The van der Waals surface area contributed by atoms with Crippen molar-refractivity contribution in [3.63, 3.8) is 0 Å². The fourth-order valence-corrected chi connectivity index (χ4v) is 1.86. The van der Waals surface area contributed by atoms with Gasteiger partial charge in [0.25, 0.3) is 5.91 Å². The number of carbonyl (C=O) groups is 2. The van der Waals surface area contributed by atoms with Gasteiger partial charge < -0.3 is 5.32 Å². The second-order valence-electron chi connectivity index (χ2n) is 3.01. The third kappa shape index (κ3) is 3.84. The summed E-state index contributed by atoms with van der Waals surface area (Å²) in [7, 11) is 0. The lowest BCUT2D eigenvalue weighted by Gasteiger charge is -1.93. The van der Waals surface area contributed by atoms with Crippen LogP contribution in [0.1, 0.15) is 21.5 Å². The molecule has 4 N–H and O–H groups in total. The summed E-state index contributed by atoms with van der Waals surface area (Å²) in [5.41, 5.74) is 2.07. The molecule has 16 heavy (non-hydrogen) atoms. The Morgan fingerprint density at radius 1 is 1.50 bits per heavy atom. The zero-order chi connectivity index (χ0) is 12.0. The highest BCUT2D eigenvalue weighted by Crippen LogP contribution is 2.17. The summed E-state index contributed by atoms with van der Waals surface area (Å²) in [6.07, 6.45) is 3.66. The Bertz CT molecular complexity index is 412. The zero-order valence-electron chi connectivity index (χ0n) is 8.82. The molecule has 0 aliphatic carbocycles. The highest BCUT2D eigenvalue weighted by atomic mass is 32.1. The van der Waals surface area contributed by atoms with Crippen molar-refractivity contribution in [1.29, 1.82) is 0 Å². The fraction of sp³-hybridized carbons (Fsp3) is 0.200. The third-order valence-electron chi connectivity index (χ3n) is 1.73. The van der Waals surface area contributed by atoms with Crippen LogP contribution in [0.4, 0.5) is 0 Å². The molecule has 6 heteroatoms. The van der Waals surface area contributed by atoms with Gasteiger partial charge in [0.05, 0.1) is 4.88 Å². The van der Waals surface area contributed by atoms with E-state index in [1.165, 1.54) is 18.3 Å². The van der Waals surface area contributed by atoms with Crippen LogP contribution < -0.4 is 16.6 Å². The van der Waals surface area contributed by atoms with E-state index in [-0.39, 0.29) is 11.8 Å². The third-order valence-corrected chi connectivity index (χ3v) is 2.78. The summed E-state index contributed by atoms with van der Waals surface area (Å²) < 4.78 is 0. The number of nitrogen functional groups attached to an aromatic ring is 1. The van der Waals surface area contributed by atoms with Crippen LogP contribution in [0, 0.1) is 0 Å². The number of nitrogens with two attached hydrogens (primary N) is 1. The highest BCUT2D eigenvalue weighted by molar-refractivity contribution is 7.14. The van der Waals surface area contributed by atoms with Crippen molar-refractivity contribution in [1.82, 2.24) is 10.7 Å². The molecule has 0 saturated heterocycles. The smallest absolute Gasteiger partial charge is 0.275 e. The van der Waals surface area contributed by atoms with Crippen molar-refractivity contribution in [2.75, 3.05) is 6.54 Å². The van der Waals surface area contributed by atoms with Gasteiger partial charge in [-0.3, -0.25) is 15.0 Å². The summed E-state index contributed by atoms with van der Waals surface area (Å²) in [6.45, 7) is 1.94. The second-order valence-corrected chi connectivity index (χ2v) is 4.13. The van der Waals surface area contributed by atoms with Crippen molar-refractivity contribution in [3.8, 4) is 0 Å². The second kappa shape index (κ2) is 6.04. The minimum Gasteiger partial charge on any atom is -0.353 e. The number of hydrogen-bond donors (Lipinski definition) is 3. The molecule has 0 spiro atoms. The lowest BCUT2D eigenvalue weighted by Crippen LogP contribution is -2.29. The first-order chi connectivity index (χ1) is 7.63. The van der Waals surface area contributed by atoms with E-state index in [4.69, 9.17) is 5.84 Å². The molecular formula is C10H13N3O2S. The molecule has 0 atom stereocenters. The number of hydrazine groups is 1. The van der Waals surface area contributed by atoms with Gasteiger partial charge in [0.2, 0.25) is 5.91 Å². The normalized spacial score (nSPS) is 10.4. The van der Waals surface area contributed by atoms with Gasteiger partial charge in [-0.15, -0.1) is 11.3 Å².